The molecule has 1 unspecified atom stereocenters. The molecule has 1 atom stereocenters. The van der Waals surface area contributed by atoms with Crippen molar-refractivity contribution in [3.05, 3.63) is 29.8 Å². The Morgan fingerprint density at radius 2 is 2.09 bits per heavy atom. The van der Waals surface area contributed by atoms with Crippen LogP contribution in [0, 0.1) is 0 Å². The lowest BCUT2D eigenvalue weighted by molar-refractivity contribution is -0.134. The number of nitrogens with zero attached hydrogens (tertiary/aromatic N) is 1. The lowest BCUT2D eigenvalue weighted by Gasteiger charge is -2.31. The minimum Gasteiger partial charge on any atom is -0.497 e. The SMILES string of the molecule is CCCN1C(=O)C2(CCCCC2)NC1c1cccc(OC)c1. The molecule has 1 aromatic rings. The van der Waals surface area contributed by atoms with Gasteiger partial charge in [0.1, 0.15) is 11.9 Å². The van der Waals surface area contributed by atoms with Gasteiger partial charge >= 0.3 is 0 Å². The highest BCUT2D eigenvalue weighted by atomic mass is 16.5. The number of carbonyl (C=O) groups is 1. The minimum atomic E-state index is -0.332. The van der Waals surface area contributed by atoms with E-state index in [9.17, 15) is 4.79 Å². The second-order valence-electron chi connectivity index (χ2n) is 6.46. The zero-order valence-electron chi connectivity index (χ0n) is 13.6. The van der Waals surface area contributed by atoms with Crippen LogP contribution < -0.4 is 10.1 Å². The molecule has 0 bridgehead atoms. The summed E-state index contributed by atoms with van der Waals surface area (Å²) in [6.45, 7) is 2.93. The number of rotatable bonds is 4. The predicted octanol–water partition coefficient (Wildman–Crippen LogP) is 3.24. The third-order valence-corrected chi connectivity index (χ3v) is 4.98. The lowest BCUT2D eigenvalue weighted by Crippen LogP contribution is -2.48. The van der Waals surface area contributed by atoms with Crippen LogP contribution in [-0.2, 0) is 4.79 Å². The summed E-state index contributed by atoms with van der Waals surface area (Å²) in [6.07, 6.45) is 6.41. The van der Waals surface area contributed by atoms with Crippen molar-refractivity contribution in [3.8, 4) is 5.75 Å². The molecule has 1 saturated carbocycles. The summed E-state index contributed by atoms with van der Waals surface area (Å²) in [5.41, 5.74) is 0.782. The number of hydrogen-bond acceptors (Lipinski definition) is 3. The molecular weight excluding hydrogens is 276 g/mol. The Hall–Kier alpha value is -1.55. The van der Waals surface area contributed by atoms with Crippen molar-refractivity contribution in [2.24, 2.45) is 0 Å². The summed E-state index contributed by atoms with van der Waals surface area (Å²) in [6, 6.07) is 8.06. The molecule has 1 aliphatic heterocycles. The molecule has 1 amide bonds. The van der Waals surface area contributed by atoms with Crippen molar-refractivity contribution < 1.29 is 9.53 Å². The Labute approximate surface area is 132 Å². The van der Waals surface area contributed by atoms with Crippen LogP contribution in [0.3, 0.4) is 0 Å². The summed E-state index contributed by atoms with van der Waals surface area (Å²) in [5.74, 6) is 1.13. The Balaban J connectivity index is 1.92. The van der Waals surface area contributed by atoms with E-state index in [1.54, 1.807) is 7.11 Å². The van der Waals surface area contributed by atoms with Gasteiger partial charge in [-0.15, -0.1) is 0 Å². The van der Waals surface area contributed by atoms with E-state index in [-0.39, 0.29) is 11.7 Å². The summed E-state index contributed by atoms with van der Waals surface area (Å²) in [4.78, 5) is 15.1. The highest BCUT2D eigenvalue weighted by Gasteiger charge is 2.51. The quantitative estimate of drug-likeness (QED) is 0.928. The summed E-state index contributed by atoms with van der Waals surface area (Å²) in [7, 11) is 1.68. The van der Waals surface area contributed by atoms with Gasteiger partial charge < -0.3 is 9.64 Å². The normalized spacial score (nSPS) is 24.0. The van der Waals surface area contributed by atoms with Crippen LogP contribution in [0.5, 0.6) is 5.75 Å². The zero-order chi connectivity index (χ0) is 15.6. The summed E-state index contributed by atoms with van der Waals surface area (Å²) >= 11 is 0. The van der Waals surface area contributed by atoms with E-state index in [4.69, 9.17) is 4.74 Å². The maximum atomic E-state index is 13.0. The van der Waals surface area contributed by atoms with Crippen molar-refractivity contribution in [2.75, 3.05) is 13.7 Å². The number of methoxy groups -OCH3 is 1. The second kappa shape index (κ2) is 6.29. The van der Waals surface area contributed by atoms with Gasteiger partial charge in [-0.3, -0.25) is 10.1 Å². The average Bonchev–Trinajstić information content (AvgIpc) is 2.82. The summed E-state index contributed by atoms with van der Waals surface area (Å²) < 4.78 is 5.34. The van der Waals surface area contributed by atoms with E-state index in [0.717, 1.165) is 50.0 Å². The Morgan fingerprint density at radius 1 is 1.32 bits per heavy atom. The first-order chi connectivity index (χ1) is 10.7. The van der Waals surface area contributed by atoms with Crippen LogP contribution in [0.2, 0.25) is 0 Å². The monoisotopic (exact) mass is 302 g/mol. The molecule has 0 aromatic heterocycles. The number of carbonyl (C=O) groups excluding carboxylic acids is 1. The van der Waals surface area contributed by atoms with Crippen LogP contribution >= 0.6 is 0 Å². The number of nitrogens with one attached hydrogen (secondary N) is 1. The molecule has 2 aliphatic rings. The summed E-state index contributed by atoms with van der Waals surface area (Å²) in [5, 5.41) is 3.68. The fourth-order valence-electron chi connectivity index (χ4n) is 3.85. The van der Waals surface area contributed by atoms with Crippen LogP contribution in [0.15, 0.2) is 24.3 Å². The van der Waals surface area contributed by atoms with E-state index in [1.165, 1.54) is 6.42 Å². The first-order valence-corrected chi connectivity index (χ1v) is 8.43. The van der Waals surface area contributed by atoms with Crippen molar-refractivity contribution in [2.45, 2.75) is 57.2 Å². The molecule has 1 heterocycles. The third kappa shape index (κ3) is 2.60. The smallest absolute Gasteiger partial charge is 0.244 e. The van der Waals surface area contributed by atoms with Gasteiger partial charge in [-0.05, 0) is 37.0 Å². The first kappa shape index (κ1) is 15.3. The van der Waals surface area contributed by atoms with E-state index in [1.807, 2.05) is 23.1 Å². The number of hydrogen-bond donors (Lipinski definition) is 1. The van der Waals surface area contributed by atoms with E-state index in [2.05, 4.69) is 18.3 Å². The predicted molar refractivity (Wildman–Crippen MR) is 86.7 cm³/mol. The molecule has 0 radical (unpaired) electrons. The van der Waals surface area contributed by atoms with Crippen molar-refractivity contribution in [1.82, 2.24) is 10.2 Å². The topological polar surface area (TPSA) is 41.6 Å². The highest BCUT2D eigenvalue weighted by Crippen LogP contribution is 2.40. The first-order valence-electron chi connectivity index (χ1n) is 8.43. The maximum absolute atomic E-state index is 13.0. The minimum absolute atomic E-state index is 0.0272. The fourth-order valence-corrected chi connectivity index (χ4v) is 3.85. The second-order valence-corrected chi connectivity index (χ2v) is 6.46. The van der Waals surface area contributed by atoms with Crippen molar-refractivity contribution in [3.63, 3.8) is 0 Å². The van der Waals surface area contributed by atoms with E-state index >= 15 is 0 Å². The van der Waals surface area contributed by atoms with Crippen molar-refractivity contribution >= 4 is 5.91 Å². The molecule has 3 rings (SSSR count). The third-order valence-electron chi connectivity index (χ3n) is 4.98. The largest absolute Gasteiger partial charge is 0.497 e. The van der Waals surface area contributed by atoms with Crippen LogP contribution in [0.4, 0.5) is 0 Å². The molecule has 4 nitrogen and oxygen atoms in total. The standard InChI is InChI=1S/C18H26N2O2/c1-3-12-20-16(14-8-7-9-15(13-14)22-2)19-18(17(20)21)10-5-4-6-11-18/h7-9,13,16,19H,3-6,10-12H2,1-2H3. The van der Waals surface area contributed by atoms with Gasteiger partial charge in [0.05, 0.1) is 12.6 Å². The molecule has 1 N–H and O–H groups in total. The van der Waals surface area contributed by atoms with Gasteiger partial charge in [-0.1, -0.05) is 38.3 Å². The number of ether oxygens (including phenoxy) is 1. The molecule has 120 valence electrons. The molecule has 1 aliphatic carbocycles. The lowest BCUT2D eigenvalue weighted by atomic mass is 9.81. The van der Waals surface area contributed by atoms with Gasteiger partial charge in [0.2, 0.25) is 5.91 Å². The molecule has 1 saturated heterocycles. The van der Waals surface area contributed by atoms with Crippen LogP contribution in [0.1, 0.15) is 57.2 Å². The van der Waals surface area contributed by atoms with E-state index in [0.29, 0.717) is 5.91 Å². The molecule has 2 fully saturated rings. The number of amides is 1. The van der Waals surface area contributed by atoms with Gasteiger partial charge in [-0.25, -0.2) is 0 Å². The van der Waals surface area contributed by atoms with Crippen LogP contribution in [0.25, 0.3) is 0 Å². The molecule has 4 heteroatoms. The zero-order valence-corrected chi connectivity index (χ0v) is 13.6. The van der Waals surface area contributed by atoms with E-state index < -0.39 is 0 Å². The number of benzene rings is 1. The van der Waals surface area contributed by atoms with Gasteiger partial charge in [0, 0.05) is 6.54 Å². The molecule has 22 heavy (non-hydrogen) atoms. The van der Waals surface area contributed by atoms with Gasteiger partial charge in [0.25, 0.3) is 0 Å². The Bertz CT molecular complexity index is 538. The average molecular weight is 302 g/mol. The Morgan fingerprint density at radius 3 is 2.77 bits per heavy atom. The molecule has 1 spiro atoms. The van der Waals surface area contributed by atoms with Gasteiger partial charge in [0.15, 0.2) is 0 Å². The molecular formula is C18H26N2O2. The molecule has 1 aromatic carbocycles. The van der Waals surface area contributed by atoms with Crippen LogP contribution in [-0.4, -0.2) is 30.0 Å². The van der Waals surface area contributed by atoms with Gasteiger partial charge in [-0.2, -0.15) is 0 Å². The Kier molecular flexibility index (Phi) is 4.39. The highest BCUT2D eigenvalue weighted by molar-refractivity contribution is 5.89. The fraction of sp³-hybridized carbons (Fsp3) is 0.611. The van der Waals surface area contributed by atoms with Crippen molar-refractivity contribution in [1.29, 1.82) is 0 Å². The maximum Gasteiger partial charge on any atom is 0.244 e.